The van der Waals surface area contributed by atoms with Gasteiger partial charge < -0.3 is 9.47 Å². The van der Waals surface area contributed by atoms with Gasteiger partial charge in [-0.3, -0.25) is 14.5 Å². The van der Waals surface area contributed by atoms with Crippen LogP contribution in [0.2, 0.25) is 0 Å². The molecule has 124 valence electrons. The Morgan fingerprint density at radius 1 is 1.09 bits per heavy atom. The standard InChI is InChI=1S/C17H21NO5/c1-4-22-15(20)10-13-12-8-6-7-9-14(12)18(11(3)19)16(13)17(21)23-5-2/h6-9,13,16H,4-5,10H2,1-3H3/t13-,16+/m1/s1. The first-order chi connectivity index (χ1) is 11.0. The minimum atomic E-state index is -0.839. The molecule has 0 unspecified atom stereocenters. The summed E-state index contributed by atoms with van der Waals surface area (Å²) in [7, 11) is 0. The third-order valence-electron chi connectivity index (χ3n) is 3.81. The molecule has 1 heterocycles. The van der Waals surface area contributed by atoms with E-state index in [9.17, 15) is 14.4 Å². The van der Waals surface area contributed by atoms with Gasteiger partial charge in [-0.15, -0.1) is 0 Å². The van der Waals surface area contributed by atoms with Crippen LogP contribution in [-0.2, 0) is 23.9 Å². The number of hydrogen-bond acceptors (Lipinski definition) is 5. The van der Waals surface area contributed by atoms with Crippen LogP contribution in [0.5, 0.6) is 0 Å². The molecule has 0 radical (unpaired) electrons. The molecule has 1 aliphatic rings. The zero-order valence-electron chi connectivity index (χ0n) is 13.6. The van der Waals surface area contributed by atoms with E-state index in [4.69, 9.17) is 9.47 Å². The second kappa shape index (κ2) is 7.26. The maximum Gasteiger partial charge on any atom is 0.329 e. The molecule has 0 saturated heterocycles. The second-order valence-electron chi connectivity index (χ2n) is 5.26. The zero-order chi connectivity index (χ0) is 17.0. The Hall–Kier alpha value is -2.37. The largest absolute Gasteiger partial charge is 0.466 e. The van der Waals surface area contributed by atoms with Crippen LogP contribution >= 0.6 is 0 Å². The highest BCUT2D eigenvalue weighted by atomic mass is 16.5. The van der Waals surface area contributed by atoms with Crippen LogP contribution < -0.4 is 4.90 Å². The number of ether oxygens (including phenoxy) is 2. The van der Waals surface area contributed by atoms with Crippen LogP contribution in [0.1, 0.15) is 38.7 Å². The third-order valence-corrected chi connectivity index (χ3v) is 3.81. The predicted octanol–water partition coefficient (Wildman–Crippen LogP) is 2.02. The van der Waals surface area contributed by atoms with E-state index in [0.29, 0.717) is 5.69 Å². The Morgan fingerprint density at radius 3 is 2.35 bits per heavy atom. The van der Waals surface area contributed by atoms with E-state index in [0.717, 1.165) is 5.56 Å². The van der Waals surface area contributed by atoms with Crippen LogP contribution in [0.4, 0.5) is 5.69 Å². The third kappa shape index (κ3) is 3.36. The van der Waals surface area contributed by atoms with Crippen LogP contribution in [0.3, 0.4) is 0 Å². The average Bonchev–Trinajstić information content (AvgIpc) is 2.82. The minimum absolute atomic E-state index is 0.0259. The average molecular weight is 319 g/mol. The lowest BCUT2D eigenvalue weighted by Crippen LogP contribution is -2.45. The number of carbonyl (C=O) groups is 3. The Kier molecular flexibility index (Phi) is 5.36. The molecule has 0 bridgehead atoms. The molecule has 0 saturated carbocycles. The van der Waals surface area contributed by atoms with E-state index in [1.54, 1.807) is 26.0 Å². The fourth-order valence-electron chi connectivity index (χ4n) is 3.00. The number of amides is 1. The minimum Gasteiger partial charge on any atom is -0.466 e. The van der Waals surface area contributed by atoms with Crippen molar-refractivity contribution in [3.8, 4) is 0 Å². The van der Waals surface area contributed by atoms with Crippen LogP contribution in [-0.4, -0.2) is 37.1 Å². The number of anilines is 1. The first kappa shape index (κ1) is 17.0. The molecule has 1 amide bonds. The molecule has 6 nitrogen and oxygen atoms in total. The summed E-state index contributed by atoms with van der Waals surface area (Å²) in [5, 5.41) is 0. The SMILES string of the molecule is CCOC(=O)C[C@@H]1c2ccccc2N(C(C)=O)[C@@H]1C(=O)OCC. The molecule has 2 rings (SSSR count). The molecular formula is C17H21NO5. The van der Waals surface area contributed by atoms with Gasteiger partial charge in [-0.25, -0.2) is 4.79 Å². The highest BCUT2D eigenvalue weighted by Gasteiger charge is 2.46. The van der Waals surface area contributed by atoms with Crippen LogP contribution in [0, 0.1) is 0 Å². The number of rotatable bonds is 5. The number of nitrogens with zero attached hydrogens (tertiary/aromatic N) is 1. The van der Waals surface area contributed by atoms with Crippen LogP contribution in [0.15, 0.2) is 24.3 Å². The van der Waals surface area contributed by atoms with Crippen molar-refractivity contribution in [1.82, 2.24) is 0 Å². The molecule has 1 aliphatic heterocycles. The van der Waals surface area contributed by atoms with Gasteiger partial charge in [-0.2, -0.15) is 0 Å². The first-order valence-corrected chi connectivity index (χ1v) is 7.72. The van der Waals surface area contributed by atoms with E-state index in [1.807, 2.05) is 12.1 Å². The molecule has 0 fully saturated rings. The number of para-hydroxylation sites is 1. The predicted molar refractivity (Wildman–Crippen MR) is 84.0 cm³/mol. The maximum atomic E-state index is 12.4. The van der Waals surface area contributed by atoms with Crippen LogP contribution in [0.25, 0.3) is 0 Å². The topological polar surface area (TPSA) is 72.9 Å². The number of carbonyl (C=O) groups excluding carboxylic acids is 3. The Labute approximate surface area is 135 Å². The van der Waals surface area contributed by atoms with Gasteiger partial charge in [0, 0.05) is 18.5 Å². The van der Waals surface area contributed by atoms with Gasteiger partial charge in [0.2, 0.25) is 5.91 Å². The van der Waals surface area contributed by atoms with Gasteiger partial charge in [-0.05, 0) is 25.5 Å². The molecule has 1 aromatic carbocycles. The lowest BCUT2D eigenvalue weighted by Gasteiger charge is -2.25. The lowest BCUT2D eigenvalue weighted by molar-refractivity contribution is -0.147. The highest BCUT2D eigenvalue weighted by molar-refractivity contribution is 6.02. The van der Waals surface area contributed by atoms with E-state index < -0.39 is 23.9 Å². The first-order valence-electron chi connectivity index (χ1n) is 7.72. The summed E-state index contributed by atoms with van der Waals surface area (Å²) in [6.45, 7) is 5.32. The molecule has 1 aromatic rings. The fraction of sp³-hybridized carbons (Fsp3) is 0.471. The van der Waals surface area contributed by atoms with Crippen molar-refractivity contribution in [3.05, 3.63) is 29.8 Å². The molecule has 0 aliphatic carbocycles. The normalized spacial score (nSPS) is 19.2. The molecule has 23 heavy (non-hydrogen) atoms. The highest BCUT2D eigenvalue weighted by Crippen LogP contribution is 2.43. The Morgan fingerprint density at radius 2 is 1.74 bits per heavy atom. The molecular weight excluding hydrogens is 298 g/mol. The van der Waals surface area contributed by atoms with Crippen molar-refractivity contribution in [3.63, 3.8) is 0 Å². The molecule has 6 heteroatoms. The lowest BCUT2D eigenvalue weighted by atomic mass is 9.91. The van der Waals surface area contributed by atoms with Gasteiger partial charge in [0.15, 0.2) is 0 Å². The second-order valence-corrected chi connectivity index (χ2v) is 5.26. The summed E-state index contributed by atoms with van der Waals surface area (Å²) in [5.74, 6) is -1.63. The van der Waals surface area contributed by atoms with Crippen molar-refractivity contribution in [2.45, 2.75) is 39.2 Å². The van der Waals surface area contributed by atoms with Crippen molar-refractivity contribution < 1.29 is 23.9 Å². The molecule has 2 atom stereocenters. The van der Waals surface area contributed by atoms with E-state index in [2.05, 4.69) is 0 Å². The summed E-state index contributed by atoms with van der Waals surface area (Å²) in [6, 6.07) is 6.38. The van der Waals surface area contributed by atoms with E-state index in [1.165, 1.54) is 11.8 Å². The van der Waals surface area contributed by atoms with Crippen molar-refractivity contribution in [2.24, 2.45) is 0 Å². The Bertz CT molecular complexity index is 613. The van der Waals surface area contributed by atoms with Gasteiger partial charge >= 0.3 is 11.9 Å². The van der Waals surface area contributed by atoms with Gasteiger partial charge in [0.05, 0.1) is 19.6 Å². The van der Waals surface area contributed by atoms with Crippen molar-refractivity contribution in [2.75, 3.05) is 18.1 Å². The van der Waals surface area contributed by atoms with Gasteiger partial charge in [0.1, 0.15) is 6.04 Å². The number of hydrogen-bond donors (Lipinski definition) is 0. The van der Waals surface area contributed by atoms with Crippen molar-refractivity contribution >= 4 is 23.5 Å². The fourth-order valence-corrected chi connectivity index (χ4v) is 3.00. The van der Waals surface area contributed by atoms with E-state index in [-0.39, 0.29) is 25.5 Å². The summed E-state index contributed by atoms with van der Waals surface area (Å²) in [5.41, 5.74) is 1.43. The van der Waals surface area contributed by atoms with Crippen molar-refractivity contribution in [1.29, 1.82) is 0 Å². The zero-order valence-corrected chi connectivity index (χ0v) is 13.6. The number of benzene rings is 1. The molecule has 0 spiro atoms. The number of esters is 2. The number of fused-ring (bicyclic) bond motifs is 1. The molecule has 0 N–H and O–H groups in total. The Balaban J connectivity index is 2.43. The summed E-state index contributed by atoms with van der Waals surface area (Å²) < 4.78 is 10.1. The monoisotopic (exact) mass is 319 g/mol. The maximum absolute atomic E-state index is 12.4. The van der Waals surface area contributed by atoms with E-state index >= 15 is 0 Å². The smallest absolute Gasteiger partial charge is 0.329 e. The quantitative estimate of drug-likeness (QED) is 0.776. The van der Waals surface area contributed by atoms with Gasteiger partial charge in [-0.1, -0.05) is 18.2 Å². The summed E-state index contributed by atoms with van der Waals surface area (Å²) >= 11 is 0. The molecule has 0 aromatic heterocycles. The summed E-state index contributed by atoms with van der Waals surface area (Å²) in [4.78, 5) is 37.8. The summed E-state index contributed by atoms with van der Waals surface area (Å²) in [6.07, 6.45) is 0.0259. The van der Waals surface area contributed by atoms with Gasteiger partial charge in [0.25, 0.3) is 0 Å².